The highest BCUT2D eigenvalue weighted by molar-refractivity contribution is 14.1. The summed E-state index contributed by atoms with van der Waals surface area (Å²) in [6.45, 7) is 1.91. The van der Waals surface area contributed by atoms with Crippen LogP contribution in [0, 0.1) is 12.8 Å². The standard InChI is InChI=1S/C28H29IN2O6S/c1-19-8-14-23(15-9-19)38(34,35)30-26(21-10-12-22(36-2)13-11-21)24(16-17-29)27(32)31-25(18-37-28(31)33)20-6-4-3-5-7-20/h3-15,24-26,30H,16-18H2,1-2H3/t24-,25-,26-/m1/s1. The van der Waals surface area contributed by atoms with Crippen molar-refractivity contribution in [3.63, 3.8) is 0 Å². The van der Waals surface area contributed by atoms with Gasteiger partial charge in [-0.15, -0.1) is 0 Å². The van der Waals surface area contributed by atoms with E-state index < -0.39 is 40.0 Å². The number of nitrogens with zero attached hydrogens (tertiary/aromatic N) is 1. The van der Waals surface area contributed by atoms with Crippen LogP contribution >= 0.6 is 22.6 Å². The van der Waals surface area contributed by atoms with Crippen molar-refractivity contribution in [2.24, 2.45) is 5.92 Å². The van der Waals surface area contributed by atoms with Crippen LogP contribution in [-0.4, -0.2) is 43.5 Å². The summed E-state index contributed by atoms with van der Waals surface area (Å²) in [6, 6.07) is 21.0. The molecule has 0 unspecified atom stereocenters. The second-order valence-electron chi connectivity index (χ2n) is 8.98. The van der Waals surface area contributed by atoms with Gasteiger partial charge in [0.1, 0.15) is 18.4 Å². The topological polar surface area (TPSA) is 102 Å². The van der Waals surface area contributed by atoms with E-state index in [-0.39, 0.29) is 11.5 Å². The number of benzene rings is 3. The Morgan fingerprint density at radius 1 is 1.08 bits per heavy atom. The van der Waals surface area contributed by atoms with Crippen LogP contribution in [0.2, 0.25) is 0 Å². The smallest absolute Gasteiger partial charge is 0.417 e. The van der Waals surface area contributed by atoms with E-state index in [1.54, 1.807) is 36.4 Å². The van der Waals surface area contributed by atoms with E-state index in [4.69, 9.17) is 9.47 Å². The SMILES string of the molecule is COc1ccc([C@@H](NS(=O)(=O)c2ccc(C)cc2)[C@@H](CCI)C(=O)N2C(=O)OC[C@@H]2c2ccccc2)cc1. The van der Waals surface area contributed by atoms with Crippen LogP contribution in [-0.2, 0) is 19.6 Å². The van der Waals surface area contributed by atoms with Gasteiger partial charge in [-0.3, -0.25) is 4.79 Å². The maximum atomic E-state index is 14.1. The Hall–Kier alpha value is -2.96. The van der Waals surface area contributed by atoms with E-state index in [0.717, 1.165) is 16.0 Å². The molecule has 0 saturated carbocycles. The van der Waals surface area contributed by atoms with Crippen molar-refractivity contribution in [1.29, 1.82) is 0 Å². The second kappa shape index (κ2) is 12.3. The van der Waals surface area contributed by atoms with E-state index in [0.29, 0.717) is 22.2 Å². The Labute approximate surface area is 236 Å². The fourth-order valence-corrected chi connectivity index (χ4v) is 6.40. The third-order valence-corrected chi connectivity index (χ3v) is 8.60. The molecular weight excluding hydrogens is 619 g/mol. The number of rotatable bonds is 10. The molecule has 200 valence electrons. The number of sulfonamides is 1. The molecule has 10 heteroatoms. The fourth-order valence-electron chi connectivity index (χ4n) is 4.46. The van der Waals surface area contributed by atoms with Crippen molar-refractivity contribution in [3.8, 4) is 5.75 Å². The highest BCUT2D eigenvalue weighted by Gasteiger charge is 2.44. The van der Waals surface area contributed by atoms with Gasteiger partial charge in [0.25, 0.3) is 0 Å². The minimum atomic E-state index is -4.01. The number of ether oxygens (including phenoxy) is 2. The monoisotopic (exact) mass is 648 g/mol. The molecule has 1 fully saturated rings. The van der Waals surface area contributed by atoms with Gasteiger partial charge in [0, 0.05) is 4.43 Å². The molecule has 1 N–H and O–H groups in total. The van der Waals surface area contributed by atoms with Gasteiger partial charge in [0.15, 0.2) is 0 Å². The van der Waals surface area contributed by atoms with Crippen LogP contribution < -0.4 is 9.46 Å². The normalized spacial score (nSPS) is 17.1. The van der Waals surface area contributed by atoms with Gasteiger partial charge in [-0.2, -0.15) is 0 Å². The number of cyclic esters (lactones) is 1. The van der Waals surface area contributed by atoms with Gasteiger partial charge in [-0.1, -0.05) is 82.8 Å². The molecule has 38 heavy (non-hydrogen) atoms. The molecule has 1 heterocycles. The number of carbonyl (C=O) groups is 2. The Balaban J connectivity index is 1.75. The van der Waals surface area contributed by atoms with Gasteiger partial charge in [0.2, 0.25) is 15.9 Å². The van der Waals surface area contributed by atoms with E-state index in [9.17, 15) is 18.0 Å². The van der Waals surface area contributed by atoms with Crippen molar-refractivity contribution < 1.29 is 27.5 Å². The molecule has 0 radical (unpaired) electrons. The molecule has 3 atom stereocenters. The average Bonchev–Trinajstić information content (AvgIpc) is 3.32. The van der Waals surface area contributed by atoms with Crippen LogP contribution in [0.4, 0.5) is 4.79 Å². The lowest BCUT2D eigenvalue weighted by molar-refractivity contribution is -0.134. The number of nitrogens with one attached hydrogen (secondary N) is 1. The highest BCUT2D eigenvalue weighted by Crippen LogP contribution is 2.35. The molecule has 0 bridgehead atoms. The maximum Gasteiger partial charge on any atom is 0.417 e. The van der Waals surface area contributed by atoms with Crippen molar-refractivity contribution in [3.05, 3.63) is 95.6 Å². The van der Waals surface area contributed by atoms with Crippen molar-refractivity contribution in [2.45, 2.75) is 30.3 Å². The zero-order chi connectivity index (χ0) is 27.3. The number of carbonyl (C=O) groups excluding carboxylic acids is 2. The van der Waals surface area contributed by atoms with E-state index in [2.05, 4.69) is 27.3 Å². The minimum absolute atomic E-state index is 0.0356. The Morgan fingerprint density at radius 2 is 1.74 bits per heavy atom. The van der Waals surface area contributed by atoms with Gasteiger partial charge in [0.05, 0.1) is 24.0 Å². The lowest BCUT2D eigenvalue weighted by atomic mass is 9.89. The van der Waals surface area contributed by atoms with E-state index in [1.165, 1.54) is 19.2 Å². The number of hydrogen-bond donors (Lipinski definition) is 1. The van der Waals surface area contributed by atoms with Crippen LogP contribution in [0.15, 0.2) is 83.8 Å². The minimum Gasteiger partial charge on any atom is -0.497 e. The number of aryl methyl sites for hydroxylation is 1. The quantitative estimate of drug-likeness (QED) is 0.240. The molecule has 8 nitrogen and oxygen atoms in total. The van der Waals surface area contributed by atoms with Gasteiger partial charge in [-0.05, 0) is 48.7 Å². The van der Waals surface area contributed by atoms with Gasteiger partial charge in [-0.25, -0.2) is 22.8 Å². The molecule has 0 aromatic heterocycles. The van der Waals surface area contributed by atoms with Crippen molar-refractivity contribution in [1.82, 2.24) is 9.62 Å². The number of imide groups is 1. The second-order valence-corrected chi connectivity index (χ2v) is 11.8. The summed E-state index contributed by atoms with van der Waals surface area (Å²) in [5, 5.41) is 0. The summed E-state index contributed by atoms with van der Waals surface area (Å²) in [5.41, 5.74) is 2.27. The molecule has 1 aliphatic heterocycles. The first-order chi connectivity index (χ1) is 18.2. The van der Waals surface area contributed by atoms with Crippen LogP contribution in [0.5, 0.6) is 5.75 Å². The third kappa shape index (κ3) is 6.19. The van der Waals surface area contributed by atoms with Gasteiger partial charge < -0.3 is 9.47 Å². The lowest BCUT2D eigenvalue weighted by Crippen LogP contribution is -2.45. The van der Waals surface area contributed by atoms with E-state index in [1.807, 2.05) is 37.3 Å². The van der Waals surface area contributed by atoms with Crippen LogP contribution in [0.25, 0.3) is 0 Å². The molecule has 1 aliphatic rings. The maximum absolute atomic E-state index is 14.1. The number of hydrogen-bond acceptors (Lipinski definition) is 6. The summed E-state index contributed by atoms with van der Waals surface area (Å²) in [5.74, 6) is -0.777. The summed E-state index contributed by atoms with van der Waals surface area (Å²) >= 11 is 2.15. The number of alkyl halides is 1. The fraction of sp³-hybridized carbons (Fsp3) is 0.286. The molecule has 3 aromatic carbocycles. The predicted molar refractivity (Wildman–Crippen MR) is 152 cm³/mol. The number of halogens is 1. The molecule has 4 rings (SSSR count). The molecule has 0 spiro atoms. The largest absolute Gasteiger partial charge is 0.497 e. The summed E-state index contributed by atoms with van der Waals surface area (Å²) < 4.78 is 40.9. The molecule has 3 aromatic rings. The summed E-state index contributed by atoms with van der Waals surface area (Å²) in [4.78, 5) is 28.1. The third-order valence-electron chi connectivity index (χ3n) is 6.52. The molecule has 2 amide bonds. The first-order valence-electron chi connectivity index (χ1n) is 12.1. The highest BCUT2D eigenvalue weighted by atomic mass is 127. The first-order valence-corrected chi connectivity index (χ1v) is 15.1. The molecule has 0 aliphatic carbocycles. The van der Waals surface area contributed by atoms with Crippen molar-refractivity contribution >= 4 is 44.6 Å². The lowest BCUT2D eigenvalue weighted by Gasteiger charge is -2.31. The Bertz CT molecular complexity index is 1360. The number of amides is 2. The Morgan fingerprint density at radius 3 is 2.34 bits per heavy atom. The summed E-state index contributed by atoms with van der Waals surface area (Å²) in [7, 11) is -2.47. The molecule has 1 saturated heterocycles. The van der Waals surface area contributed by atoms with Crippen LogP contribution in [0.3, 0.4) is 0 Å². The molecular formula is C28H29IN2O6S. The predicted octanol–water partition coefficient (Wildman–Crippen LogP) is 5.18. The van der Waals surface area contributed by atoms with E-state index >= 15 is 0 Å². The van der Waals surface area contributed by atoms with Crippen LogP contribution in [0.1, 0.15) is 35.2 Å². The number of methoxy groups -OCH3 is 1. The zero-order valence-corrected chi connectivity index (χ0v) is 24.0. The Kier molecular flexibility index (Phi) is 9.06. The average molecular weight is 649 g/mol. The zero-order valence-electron chi connectivity index (χ0n) is 21.0. The summed E-state index contributed by atoms with van der Waals surface area (Å²) in [6.07, 6.45) is -0.408. The first kappa shape index (κ1) is 28.1. The van der Waals surface area contributed by atoms with Gasteiger partial charge >= 0.3 is 6.09 Å². The van der Waals surface area contributed by atoms with Crippen molar-refractivity contribution in [2.75, 3.05) is 18.1 Å².